The van der Waals surface area contributed by atoms with Gasteiger partial charge >= 0.3 is 0 Å². The average Bonchev–Trinajstić information content (AvgIpc) is 2.28. The van der Waals surface area contributed by atoms with E-state index >= 15 is 0 Å². The summed E-state index contributed by atoms with van der Waals surface area (Å²) < 4.78 is 32.3. The van der Waals surface area contributed by atoms with Crippen LogP contribution in [0, 0.1) is 12.8 Å². The molecule has 0 aliphatic carbocycles. The van der Waals surface area contributed by atoms with E-state index in [1.54, 1.807) is 32.2 Å². The van der Waals surface area contributed by atoms with Gasteiger partial charge in [0.25, 0.3) is 0 Å². The first-order valence-electron chi connectivity index (χ1n) is 5.95. The Morgan fingerprint density at radius 1 is 1.28 bits per heavy atom. The molecule has 1 aromatic carbocycles. The van der Waals surface area contributed by atoms with Crippen LogP contribution in [-0.4, -0.2) is 28.2 Å². The second-order valence-electron chi connectivity index (χ2n) is 4.69. The number of benzene rings is 1. The zero-order valence-electron chi connectivity index (χ0n) is 11.3. The number of methoxy groups -OCH3 is 1. The Hall–Kier alpha value is -0.910. The van der Waals surface area contributed by atoms with Crippen molar-refractivity contribution in [1.29, 1.82) is 0 Å². The van der Waals surface area contributed by atoms with E-state index in [0.717, 1.165) is 5.56 Å². The Bertz CT molecular complexity index is 483. The van der Waals surface area contributed by atoms with Crippen LogP contribution in [0.5, 0.6) is 0 Å². The van der Waals surface area contributed by atoms with Gasteiger partial charge < -0.3 is 4.74 Å². The second kappa shape index (κ2) is 6.31. The molecule has 4 nitrogen and oxygen atoms in total. The fourth-order valence-corrected chi connectivity index (χ4v) is 3.28. The van der Waals surface area contributed by atoms with Gasteiger partial charge in [0.15, 0.2) is 0 Å². The Labute approximate surface area is 109 Å². The zero-order valence-corrected chi connectivity index (χ0v) is 12.1. The first-order chi connectivity index (χ1) is 8.38. The van der Waals surface area contributed by atoms with Gasteiger partial charge in [-0.3, -0.25) is 0 Å². The molecule has 0 heterocycles. The fraction of sp³-hybridized carbons (Fsp3) is 0.538. The molecule has 0 aliphatic rings. The predicted molar refractivity (Wildman–Crippen MR) is 72.0 cm³/mol. The van der Waals surface area contributed by atoms with E-state index in [1.165, 1.54) is 0 Å². The molecule has 1 rings (SSSR count). The van der Waals surface area contributed by atoms with Crippen molar-refractivity contribution in [1.82, 2.24) is 4.72 Å². The highest BCUT2D eigenvalue weighted by Crippen LogP contribution is 2.15. The fourth-order valence-electron chi connectivity index (χ4n) is 1.66. The van der Waals surface area contributed by atoms with Crippen molar-refractivity contribution in [2.75, 3.05) is 13.7 Å². The Balaban J connectivity index is 2.97. The normalized spacial score (nSPS) is 13.8. The molecule has 5 heteroatoms. The van der Waals surface area contributed by atoms with E-state index in [-0.39, 0.29) is 12.0 Å². The maximum absolute atomic E-state index is 12.3. The van der Waals surface area contributed by atoms with Crippen LogP contribution < -0.4 is 4.72 Å². The van der Waals surface area contributed by atoms with Gasteiger partial charge in [-0.15, -0.1) is 0 Å². The molecule has 0 saturated carbocycles. The van der Waals surface area contributed by atoms with Gasteiger partial charge in [0, 0.05) is 13.2 Å². The number of rotatable bonds is 6. The molecule has 18 heavy (non-hydrogen) atoms. The van der Waals surface area contributed by atoms with Gasteiger partial charge in [-0.25, -0.2) is 13.1 Å². The Kier molecular flexibility index (Phi) is 5.31. The van der Waals surface area contributed by atoms with E-state index < -0.39 is 10.0 Å². The van der Waals surface area contributed by atoms with Crippen molar-refractivity contribution in [2.24, 2.45) is 5.92 Å². The molecule has 1 aromatic rings. The molecule has 1 N–H and O–H groups in total. The summed E-state index contributed by atoms with van der Waals surface area (Å²) in [6.45, 7) is 6.08. The molecule has 1 atom stereocenters. The lowest BCUT2D eigenvalue weighted by Gasteiger charge is -2.21. The SMILES string of the molecule is COCC(NS(=O)(=O)c1ccccc1C)C(C)C. The van der Waals surface area contributed by atoms with Crippen molar-refractivity contribution < 1.29 is 13.2 Å². The van der Waals surface area contributed by atoms with Gasteiger partial charge in [0.1, 0.15) is 0 Å². The maximum Gasteiger partial charge on any atom is 0.241 e. The molecule has 102 valence electrons. The van der Waals surface area contributed by atoms with Gasteiger partial charge in [-0.1, -0.05) is 32.0 Å². The molecule has 1 unspecified atom stereocenters. The lowest BCUT2D eigenvalue weighted by molar-refractivity contribution is 0.157. The molecular weight excluding hydrogens is 250 g/mol. The minimum absolute atomic E-state index is 0.170. The van der Waals surface area contributed by atoms with Crippen LogP contribution in [0.1, 0.15) is 19.4 Å². The van der Waals surface area contributed by atoms with Crippen molar-refractivity contribution in [3.63, 3.8) is 0 Å². The molecule has 0 amide bonds. The van der Waals surface area contributed by atoms with Crippen molar-refractivity contribution >= 4 is 10.0 Å². The summed E-state index contributed by atoms with van der Waals surface area (Å²) in [6.07, 6.45) is 0. The van der Waals surface area contributed by atoms with Crippen molar-refractivity contribution in [3.05, 3.63) is 29.8 Å². The molecule has 0 radical (unpaired) electrons. The van der Waals surface area contributed by atoms with Crippen LogP contribution >= 0.6 is 0 Å². The smallest absolute Gasteiger partial charge is 0.241 e. The predicted octanol–water partition coefficient (Wildman–Crippen LogP) is 1.94. The largest absolute Gasteiger partial charge is 0.383 e. The molecule has 0 fully saturated rings. The van der Waals surface area contributed by atoms with Crippen LogP contribution in [-0.2, 0) is 14.8 Å². The standard InChI is InChI=1S/C13H21NO3S/c1-10(2)12(9-17-4)14-18(15,16)13-8-6-5-7-11(13)3/h5-8,10,12,14H,9H2,1-4H3. The van der Waals surface area contributed by atoms with E-state index in [4.69, 9.17) is 4.74 Å². The number of nitrogens with one attached hydrogen (secondary N) is 1. The summed E-state index contributed by atoms with van der Waals surface area (Å²) in [4.78, 5) is 0.326. The zero-order chi connectivity index (χ0) is 13.8. The topological polar surface area (TPSA) is 55.4 Å². The summed E-state index contributed by atoms with van der Waals surface area (Å²) in [5.74, 6) is 0.170. The highest BCUT2D eigenvalue weighted by Gasteiger charge is 2.23. The van der Waals surface area contributed by atoms with Crippen LogP contribution in [0.4, 0.5) is 0 Å². The van der Waals surface area contributed by atoms with Gasteiger partial charge in [-0.2, -0.15) is 0 Å². The summed E-state index contributed by atoms with van der Waals surface area (Å²) in [5, 5.41) is 0. The van der Waals surface area contributed by atoms with Crippen LogP contribution in [0.15, 0.2) is 29.2 Å². The van der Waals surface area contributed by atoms with Crippen LogP contribution in [0.25, 0.3) is 0 Å². The van der Waals surface area contributed by atoms with Crippen LogP contribution in [0.3, 0.4) is 0 Å². The third-order valence-corrected chi connectivity index (χ3v) is 4.49. The number of hydrogen-bond donors (Lipinski definition) is 1. The van der Waals surface area contributed by atoms with E-state index in [2.05, 4.69) is 4.72 Å². The average molecular weight is 271 g/mol. The third-order valence-electron chi connectivity index (χ3n) is 2.84. The van der Waals surface area contributed by atoms with Gasteiger partial charge in [0.05, 0.1) is 11.5 Å². The number of aryl methyl sites for hydroxylation is 1. The van der Waals surface area contributed by atoms with Crippen molar-refractivity contribution in [3.8, 4) is 0 Å². The van der Waals surface area contributed by atoms with E-state index in [1.807, 2.05) is 19.9 Å². The molecular formula is C13H21NO3S. The lowest BCUT2D eigenvalue weighted by atomic mass is 10.1. The number of ether oxygens (including phenoxy) is 1. The number of hydrogen-bond acceptors (Lipinski definition) is 3. The third kappa shape index (κ3) is 3.80. The highest BCUT2D eigenvalue weighted by molar-refractivity contribution is 7.89. The molecule has 0 spiro atoms. The van der Waals surface area contributed by atoms with E-state index in [9.17, 15) is 8.42 Å². The molecule has 0 aromatic heterocycles. The summed E-state index contributed by atoms with van der Waals surface area (Å²) >= 11 is 0. The summed E-state index contributed by atoms with van der Waals surface area (Å²) in [6, 6.07) is 6.72. The molecule has 0 saturated heterocycles. The molecule has 0 bridgehead atoms. The first kappa shape index (κ1) is 15.1. The minimum Gasteiger partial charge on any atom is -0.383 e. The number of sulfonamides is 1. The lowest BCUT2D eigenvalue weighted by Crippen LogP contribution is -2.41. The van der Waals surface area contributed by atoms with E-state index in [0.29, 0.717) is 11.5 Å². The van der Waals surface area contributed by atoms with Gasteiger partial charge in [0.2, 0.25) is 10.0 Å². The Morgan fingerprint density at radius 3 is 2.39 bits per heavy atom. The van der Waals surface area contributed by atoms with Crippen molar-refractivity contribution in [2.45, 2.75) is 31.7 Å². The molecule has 0 aliphatic heterocycles. The Morgan fingerprint density at radius 2 is 1.89 bits per heavy atom. The maximum atomic E-state index is 12.3. The monoisotopic (exact) mass is 271 g/mol. The quantitative estimate of drug-likeness (QED) is 0.860. The first-order valence-corrected chi connectivity index (χ1v) is 7.43. The van der Waals surface area contributed by atoms with Crippen LogP contribution in [0.2, 0.25) is 0 Å². The van der Waals surface area contributed by atoms with Gasteiger partial charge in [-0.05, 0) is 24.5 Å². The second-order valence-corrected chi connectivity index (χ2v) is 6.38. The summed E-state index contributed by atoms with van der Waals surface area (Å²) in [5.41, 5.74) is 0.741. The minimum atomic E-state index is -3.49. The highest BCUT2D eigenvalue weighted by atomic mass is 32.2. The summed E-state index contributed by atoms with van der Waals surface area (Å²) in [7, 11) is -1.92.